The number of ether oxygens (including phenoxy) is 1. The van der Waals surface area contributed by atoms with Crippen LogP contribution in [-0.4, -0.2) is 38.3 Å². The summed E-state index contributed by atoms with van der Waals surface area (Å²) in [6.07, 6.45) is -2.36. The highest BCUT2D eigenvalue weighted by Crippen LogP contribution is 2.39. The van der Waals surface area contributed by atoms with E-state index >= 15 is 0 Å². The number of hydrogen-bond acceptors (Lipinski definition) is 2. The molecule has 0 saturated heterocycles. The molecule has 2 nitrogen and oxygen atoms in total. The number of methoxy groups -OCH3 is 1. The van der Waals surface area contributed by atoms with Crippen LogP contribution in [0.25, 0.3) is 0 Å². The van der Waals surface area contributed by atoms with Crippen LogP contribution in [0.4, 0.5) is 17.6 Å². The lowest BCUT2D eigenvalue weighted by Crippen LogP contribution is -2.44. The highest BCUT2D eigenvalue weighted by atomic mass is 19.4. The first kappa shape index (κ1) is 17.2. The molecular weight excluding hydrogens is 298 g/mol. The largest absolute Gasteiger partial charge is 0.419 e. The molecule has 124 valence electrons. The van der Waals surface area contributed by atoms with Crippen molar-refractivity contribution in [2.75, 3.05) is 21.2 Å². The maximum Gasteiger partial charge on any atom is 0.419 e. The maximum absolute atomic E-state index is 13.4. The normalized spacial score (nSPS) is 26.5. The Labute approximate surface area is 128 Å². The Morgan fingerprint density at radius 1 is 1.18 bits per heavy atom. The van der Waals surface area contributed by atoms with Gasteiger partial charge < -0.3 is 9.64 Å². The van der Waals surface area contributed by atoms with Crippen molar-refractivity contribution < 1.29 is 22.3 Å². The van der Waals surface area contributed by atoms with Crippen LogP contribution in [-0.2, 0) is 10.9 Å². The van der Waals surface area contributed by atoms with Gasteiger partial charge in [-0.2, -0.15) is 13.2 Å². The van der Waals surface area contributed by atoms with Crippen molar-refractivity contribution in [1.29, 1.82) is 0 Å². The SMILES string of the molecule is CO[C@H]1CC[C@H](c2ccc(F)c(C(F)(F)F)c2)C[C@@H]1N(C)C. The van der Waals surface area contributed by atoms with Gasteiger partial charge in [-0.05, 0) is 57.0 Å². The molecule has 1 aromatic rings. The molecule has 1 aliphatic rings. The Kier molecular flexibility index (Phi) is 5.12. The second kappa shape index (κ2) is 6.54. The van der Waals surface area contributed by atoms with Crippen molar-refractivity contribution in [3.05, 3.63) is 35.1 Å². The molecule has 0 spiro atoms. The summed E-state index contributed by atoms with van der Waals surface area (Å²) in [4.78, 5) is 2.04. The van der Waals surface area contributed by atoms with Crippen LogP contribution in [0.15, 0.2) is 18.2 Å². The average Bonchev–Trinajstić information content (AvgIpc) is 2.45. The molecule has 3 atom stereocenters. The fourth-order valence-corrected chi connectivity index (χ4v) is 3.25. The Hall–Kier alpha value is -1.14. The van der Waals surface area contributed by atoms with Crippen LogP contribution >= 0.6 is 0 Å². The van der Waals surface area contributed by atoms with Gasteiger partial charge in [0.25, 0.3) is 0 Å². The predicted molar refractivity (Wildman–Crippen MR) is 76.3 cm³/mol. The molecule has 22 heavy (non-hydrogen) atoms. The molecule has 0 bridgehead atoms. The van der Waals surface area contributed by atoms with Crippen molar-refractivity contribution >= 4 is 0 Å². The molecule has 0 aliphatic heterocycles. The number of likely N-dealkylation sites (N-methyl/N-ethyl adjacent to an activating group) is 1. The Morgan fingerprint density at radius 2 is 1.86 bits per heavy atom. The van der Waals surface area contributed by atoms with Gasteiger partial charge >= 0.3 is 6.18 Å². The molecule has 0 radical (unpaired) electrons. The summed E-state index contributed by atoms with van der Waals surface area (Å²) in [5.74, 6) is -1.23. The quantitative estimate of drug-likeness (QED) is 0.779. The molecule has 0 amide bonds. The minimum atomic E-state index is -4.66. The van der Waals surface area contributed by atoms with Crippen LogP contribution in [0.3, 0.4) is 0 Å². The Morgan fingerprint density at radius 3 is 2.41 bits per heavy atom. The highest BCUT2D eigenvalue weighted by Gasteiger charge is 2.36. The van der Waals surface area contributed by atoms with E-state index < -0.39 is 17.6 Å². The van der Waals surface area contributed by atoms with Crippen molar-refractivity contribution in [1.82, 2.24) is 4.90 Å². The van der Waals surface area contributed by atoms with Gasteiger partial charge in [-0.3, -0.25) is 0 Å². The first-order valence-electron chi connectivity index (χ1n) is 7.30. The van der Waals surface area contributed by atoms with Crippen molar-refractivity contribution in [3.8, 4) is 0 Å². The van der Waals surface area contributed by atoms with Gasteiger partial charge in [-0.15, -0.1) is 0 Å². The van der Waals surface area contributed by atoms with Crippen LogP contribution in [0.2, 0.25) is 0 Å². The molecule has 1 fully saturated rings. The molecule has 1 aromatic carbocycles. The van der Waals surface area contributed by atoms with E-state index in [1.165, 1.54) is 6.07 Å². The third kappa shape index (κ3) is 3.60. The van der Waals surface area contributed by atoms with E-state index in [9.17, 15) is 17.6 Å². The summed E-state index contributed by atoms with van der Waals surface area (Å²) < 4.78 is 57.4. The summed E-state index contributed by atoms with van der Waals surface area (Å²) in [5.41, 5.74) is -0.629. The second-order valence-corrected chi connectivity index (χ2v) is 6.05. The summed E-state index contributed by atoms with van der Waals surface area (Å²) >= 11 is 0. The monoisotopic (exact) mass is 319 g/mol. The van der Waals surface area contributed by atoms with E-state index in [0.29, 0.717) is 12.0 Å². The summed E-state index contributed by atoms with van der Waals surface area (Å²) in [5, 5.41) is 0. The molecule has 0 heterocycles. The summed E-state index contributed by atoms with van der Waals surface area (Å²) in [6, 6.07) is 3.49. The van der Waals surface area contributed by atoms with E-state index in [-0.39, 0.29) is 18.1 Å². The predicted octanol–water partition coefficient (Wildman–Crippen LogP) is 4.06. The fourth-order valence-electron chi connectivity index (χ4n) is 3.25. The highest BCUT2D eigenvalue weighted by molar-refractivity contribution is 5.30. The molecule has 1 aliphatic carbocycles. The third-order valence-electron chi connectivity index (χ3n) is 4.49. The van der Waals surface area contributed by atoms with E-state index in [1.807, 2.05) is 19.0 Å². The van der Waals surface area contributed by atoms with Gasteiger partial charge in [0.05, 0.1) is 11.7 Å². The van der Waals surface area contributed by atoms with Gasteiger partial charge in [-0.1, -0.05) is 6.07 Å². The molecule has 6 heteroatoms. The number of halogens is 4. The lowest BCUT2D eigenvalue weighted by molar-refractivity contribution is -0.140. The number of nitrogens with zero attached hydrogens (tertiary/aromatic N) is 1. The third-order valence-corrected chi connectivity index (χ3v) is 4.49. The van der Waals surface area contributed by atoms with Gasteiger partial charge in [0.15, 0.2) is 0 Å². The molecule has 0 aromatic heterocycles. The molecule has 0 N–H and O–H groups in total. The number of alkyl halides is 3. The van der Waals surface area contributed by atoms with Crippen molar-refractivity contribution in [3.63, 3.8) is 0 Å². The Balaban J connectivity index is 2.25. The van der Waals surface area contributed by atoms with Crippen LogP contribution in [0.1, 0.15) is 36.3 Å². The number of hydrogen-bond donors (Lipinski definition) is 0. The van der Waals surface area contributed by atoms with Gasteiger partial charge in [-0.25, -0.2) is 4.39 Å². The zero-order chi connectivity index (χ0) is 16.5. The number of rotatable bonds is 3. The molecule has 0 unspecified atom stereocenters. The van der Waals surface area contributed by atoms with Gasteiger partial charge in [0.2, 0.25) is 0 Å². The summed E-state index contributed by atoms with van der Waals surface area (Å²) in [6.45, 7) is 0. The molecule has 1 saturated carbocycles. The van der Waals surface area contributed by atoms with Crippen molar-refractivity contribution in [2.24, 2.45) is 0 Å². The van der Waals surface area contributed by atoms with Gasteiger partial charge in [0, 0.05) is 13.2 Å². The maximum atomic E-state index is 13.4. The lowest BCUT2D eigenvalue weighted by Gasteiger charge is -2.39. The first-order valence-corrected chi connectivity index (χ1v) is 7.30. The van der Waals surface area contributed by atoms with Crippen LogP contribution in [0, 0.1) is 5.82 Å². The lowest BCUT2D eigenvalue weighted by atomic mass is 9.79. The van der Waals surface area contributed by atoms with Crippen molar-refractivity contribution in [2.45, 2.75) is 43.5 Å². The minimum Gasteiger partial charge on any atom is -0.380 e. The smallest absolute Gasteiger partial charge is 0.380 e. The average molecular weight is 319 g/mol. The van der Waals surface area contributed by atoms with E-state index in [1.54, 1.807) is 7.11 Å². The number of benzene rings is 1. The van der Waals surface area contributed by atoms with E-state index in [0.717, 1.165) is 25.0 Å². The van der Waals surface area contributed by atoms with Gasteiger partial charge in [0.1, 0.15) is 5.82 Å². The zero-order valence-corrected chi connectivity index (χ0v) is 13.0. The first-order chi connectivity index (χ1) is 10.2. The van der Waals surface area contributed by atoms with E-state index in [2.05, 4.69) is 0 Å². The molecule has 2 rings (SSSR count). The minimum absolute atomic E-state index is 0.0134. The van der Waals surface area contributed by atoms with Crippen LogP contribution < -0.4 is 0 Å². The topological polar surface area (TPSA) is 12.5 Å². The van der Waals surface area contributed by atoms with E-state index in [4.69, 9.17) is 4.74 Å². The second-order valence-electron chi connectivity index (χ2n) is 6.05. The fraction of sp³-hybridized carbons (Fsp3) is 0.625. The molecular formula is C16H21F4NO. The zero-order valence-electron chi connectivity index (χ0n) is 13.0. The Bertz CT molecular complexity index is 515. The van der Waals surface area contributed by atoms with Crippen LogP contribution in [0.5, 0.6) is 0 Å². The summed E-state index contributed by atoms with van der Waals surface area (Å²) in [7, 11) is 5.52. The standard InChI is InChI=1S/C16H21F4NO/c1-21(2)14-9-11(5-7-15(14)22-3)10-4-6-13(17)12(8-10)16(18,19)20/h4,6,8,11,14-15H,5,7,9H2,1-3H3/t11-,14-,15-/m0/s1.